The Labute approximate surface area is 154 Å². The Morgan fingerprint density at radius 1 is 0.500 bits per heavy atom. The summed E-state index contributed by atoms with van der Waals surface area (Å²) in [7, 11) is 0. The third-order valence-electron chi connectivity index (χ3n) is 5.61. The van der Waals surface area contributed by atoms with Crippen molar-refractivity contribution in [2.24, 2.45) is 0 Å². The van der Waals surface area contributed by atoms with Crippen LogP contribution in [0, 0.1) is 0 Å². The fourth-order valence-corrected chi connectivity index (χ4v) is 4.33. The van der Waals surface area contributed by atoms with E-state index in [1.165, 1.54) is 58.0 Å². The van der Waals surface area contributed by atoms with Crippen molar-refractivity contribution in [3.8, 4) is 11.5 Å². The highest BCUT2D eigenvalue weighted by atomic mass is 16.5. The fourth-order valence-electron chi connectivity index (χ4n) is 4.33. The molecule has 0 N–H and O–H groups in total. The van der Waals surface area contributed by atoms with E-state index in [0.717, 1.165) is 37.6 Å². The molecule has 5 rings (SSSR count). The van der Waals surface area contributed by atoms with E-state index in [2.05, 4.69) is 48.5 Å². The first-order valence-electron chi connectivity index (χ1n) is 9.88. The molecule has 0 saturated carbocycles. The Bertz CT molecular complexity index is 965. The highest BCUT2D eigenvalue weighted by Gasteiger charge is 2.20. The van der Waals surface area contributed by atoms with Gasteiger partial charge in [-0.05, 0) is 23.6 Å². The summed E-state index contributed by atoms with van der Waals surface area (Å²) in [4.78, 5) is 0. The summed E-state index contributed by atoms with van der Waals surface area (Å²) in [5, 5.41) is 7.50. The number of fused-ring (bicyclic) bond motifs is 3. The minimum atomic E-state index is 0.761. The maximum Gasteiger partial charge on any atom is 0.169 e. The second-order valence-corrected chi connectivity index (χ2v) is 7.35. The van der Waals surface area contributed by atoms with Gasteiger partial charge in [0.05, 0.1) is 13.2 Å². The van der Waals surface area contributed by atoms with E-state index in [9.17, 15) is 0 Å². The molecule has 1 heterocycles. The zero-order chi connectivity index (χ0) is 17.3. The van der Waals surface area contributed by atoms with Gasteiger partial charge in [-0.2, -0.15) is 0 Å². The van der Waals surface area contributed by atoms with Crippen molar-refractivity contribution in [2.75, 3.05) is 13.2 Å². The van der Waals surface area contributed by atoms with Crippen LogP contribution in [0.4, 0.5) is 0 Å². The molecule has 0 bridgehead atoms. The van der Waals surface area contributed by atoms with Crippen molar-refractivity contribution in [1.82, 2.24) is 0 Å². The van der Waals surface area contributed by atoms with Crippen molar-refractivity contribution in [3.05, 3.63) is 48.5 Å². The normalized spacial score (nSPS) is 16.6. The van der Waals surface area contributed by atoms with E-state index in [4.69, 9.17) is 9.47 Å². The van der Waals surface area contributed by atoms with E-state index in [-0.39, 0.29) is 0 Å². The van der Waals surface area contributed by atoms with Crippen molar-refractivity contribution in [3.63, 3.8) is 0 Å². The van der Waals surface area contributed by atoms with Crippen molar-refractivity contribution < 1.29 is 9.47 Å². The maximum atomic E-state index is 6.35. The summed E-state index contributed by atoms with van der Waals surface area (Å²) in [6.45, 7) is 1.52. The van der Waals surface area contributed by atoms with Gasteiger partial charge in [-0.25, -0.2) is 0 Å². The minimum Gasteiger partial charge on any atom is -0.489 e. The van der Waals surface area contributed by atoms with E-state index in [0.29, 0.717) is 0 Å². The first kappa shape index (κ1) is 15.7. The molecule has 2 heteroatoms. The highest BCUT2D eigenvalue weighted by Crippen LogP contribution is 2.47. The molecular formula is C24H24O2. The van der Waals surface area contributed by atoms with Crippen molar-refractivity contribution in [1.29, 1.82) is 0 Å². The van der Waals surface area contributed by atoms with E-state index in [1.807, 2.05) is 0 Å². The Morgan fingerprint density at radius 2 is 0.962 bits per heavy atom. The van der Waals surface area contributed by atoms with Gasteiger partial charge in [0, 0.05) is 21.5 Å². The summed E-state index contributed by atoms with van der Waals surface area (Å²) in [5.74, 6) is 1.87. The molecule has 132 valence electrons. The lowest BCUT2D eigenvalue weighted by atomic mass is 9.93. The molecular weight excluding hydrogens is 320 g/mol. The predicted molar refractivity (Wildman–Crippen MR) is 109 cm³/mol. The largest absolute Gasteiger partial charge is 0.489 e. The van der Waals surface area contributed by atoms with Crippen LogP contribution in [-0.4, -0.2) is 13.2 Å². The number of ether oxygens (including phenoxy) is 2. The summed E-state index contributed by atoms with van der Waals surface area (Å²) in [6.07, 6.45) is 7.32. The molecule has 0 atom stereocenters. The molecule has 1 aliphatic rings. The standard InChI is InChI=1S/C24H24O2/c1-2-4-6-16-26-24-20-12-8-10-18-14-13-17-9-7-11-19(21(17)22(18)20)23(24)25-15-5-3-1/h7-14H,1-6,15-16H2. The molecule has 4 aromatic carbocycles. The number of hydrogen-bond donors (Lipinski definition) is 0. The van der Waals surface area contributed by atoms with Crippen molar-refractivity contribution in [2.45, 2.75) is 38.5 Å². The van der Waals surface area contributed by atoms with Gasteiger partial charge in [0.25, 0.3) is 0 Å². The van der Waals surface area contributed by atoms with Gasteiger partial charge in [-0.15, -0.1) is 0 Å². The Kier molecular flexibility index (Phi) is 4.05. The van der Waals surface area contributed by atoms with Gasteiger partial charge in [-0.3, -0.25) is 0 Å². The molecule has 0 aromatic heterocycles. The summed E-state index contributed by atoms with van der Waals surface area (Å²) in [6, 6.07) is 17.4. The Balaban J connectivity index is 1.80. The molecule has 1 aliphatic heterocycles. The van der Waals surface area contributed by atoms with Crippen LogP contribution >= 0.6 is 0 Å². The monoisotopic (exact) mass is 344 g/mol. The van der Waals surface area contributed by atoms with Gasteiger partial charge in [0.2, 0.25) is 0 Å². The molecule has 0 saturated heterocycles. The summed E-state index contributed by atoms with van der Waals surface area (Å²) >= 11 is 0. The third kappa shape index (κ3) is 2.56. The van der Waals surface area contributed by atoms with Gasteiger partial charge in [0.15, 0.2) is 11.5 Å². The second-order valence-electron chi connectivity index (χ2n) is 7.35. The molecule has 0 amide bonds. The van der Waals surface area contributed by atoms with Crippen molar-refractivity contribution >= 4 is 32.3 Å². The van der Waals surface area contributed by atoms with E-state index >= 15 is 0 Å². The maximum absolute atomic E-state index is 6.35. The average Bonchev–Trinajstić information content (AvgIpc) is 2.67. The smallest absolute Gasteiger partial charge is 0.169 e. The van der Waals surface area contributed by atoms with Crippen LogP contribution < -0.4 is 9.47 Å². The Morgan fingerprint density at radius 3 is 1.46 bits per heavy atom. The first-order chi connectivity index (χ1) is 12.9. The second kappa shape index (κ2) is 6.68. The molecule has 0 radical (unpaired) electrons. The molecule has 0 aliphatic carbocycles. The molecule has 2 nitrogen and oxygen atoms in total. The van der Waals surface area contributed by atoms with Crippen LogP contribution in [-0.2, 0) is 0 Å². The zero-order valence-corrected chi connectivity index (χ0v) is 15.1. The lowest BCUT2D eigenvalue weighted by Crippen LogP contribution is -2.05. The lowest BCUT2D eigenvalue weighted by molar-refractivity contribution is 0.258. The van der Waals surface area contributed by atoms with Gasteiger partial charge < -0.3 is 9.47 Å². The molecule has 4 aromatic rings. The molecule has 0 fully saturated rings. The van der Waals surface area contributed by atoms with Crippen LogP contribution in [0.5, 0.6) is 11.5 Å². The number of rotatable bonds is 0. The molecule has 26 heavy (non-hydrogen) atoms. The fraction of sp³-hybridized carbons (Fsp3) is 0.333. The van der Waals surface area contributed by atoms with Gasteiger partial charge in [-0.1, -0.05) is 74.2 Å². The summed E-state index contributed by atoms with van der Waals surface area (Å²) < 4.78 is 12.7. The van der Waals surface area contributed by atoms with Gasteiger partial charge >= 0.3 is 0 Å². The first-order valence-corrected chi connectivity index (χ1v) is 9.88. The lowest BCUT2D eigenvalue weighted by Gasteiger charge is -2.21. The predicted octanol–water partition coefficient (Wildman–Crippen LogP) is 6.70. The quantitative estimate of drug-likeness (QED) is 0.331. The third-order valence-corrected chi connectivity index (χ3v) is 5.61. The SMILES string of the molecule is c1cc2ccc3cccc4c5c(c(c1)c2c34)OCCCCCCCCO5. The number of benzene rings is 4. The average molecular weight is 344 g/mol. The van der Waals surface area contributed by atoms with Crippen LogP contribution in [0.3, 0.4) is 0 Å². The molecule has 0 unspecified atom stereocenters. The van der Waals surface area contributed by atoms with E-state index < -0.39 is 0 Å². The summed E-state index contributed by atoms with van der Waals surface area (Å²) in [5.41, 5.74) is 0. The van der Waals surface area contributed by atoms with Crippen LogP contribution in [0.15, 0.2) is 48.5 Å². The molecule has 0 spiro atoms. The highest BCUT2D eigenvalue weighted by molar-refractivity contribution is 6.26. The van der Waals surface area contributed by atoms with Crippen LogP contribution in [0.1, 0.15) is 38.5 Å². The zero-order valence-electron chi connectivity index (χ0n) is 15.1. The van der Waals surface area contributed by atoms with Crippen LogP contribution in [0.25, 0.3) is 32.3 Å². The number of hydrogen-bond acceptors (Lipinski definition) is 2. The Hall–Kier alpha value is -2.48. The van der Waals surface area contributed by atoms with E-state index in [1.54, 1.807) is 0 Å². The van der Waals surface area contributed by atoms with Crippen LogP contribution in [0.2, 0.25) is 0 Å². The van der Waals surface area contributed by atoms with Gasteiger partial charge in [0.1, 0.15) is 0 Å². The topological polar surface area (TPSA) is 18.5 Å². The minimum absolute atomic E-state index is 0.761.